The lowest BCUT2D eigenvalue weighted by Gasteiger charge is -2.57. The van der Waals surface area contributed by atoms with Crippen LogP contribution >= 0.6 is 0 Å². The standard InChI is InChI=1S/C8H13NO3/c10-7-1-5-2-8(11,12-7)4-6(3-7)9-5/h5-6,9-11H,1-4H2. The molecule has 68 valence electrons. The fourth-order valence-corrected chi connectivity index (χ4v) is 2.94. The van der Waals surface area contributed by atoms with E-state index in [0.717, 1.165) is 0 Å². The molecular weight excluding hydrogens is 158 g/mol. The molecule has 0 amide bonds. The van der Waals surface area contributed by atoms with Crippen molar-refractivity contribution in [3.05, 3.63) is 0 Å². The van der Waals surface area contributed by atoms with Crippen molar-refractivity contribution in [1.82, 2.24) is 5.32 Å². The van der Waals surface area contributed by atoms with Gasteiger partial charge in [-0.15, -0.1) is 0 Å². The second kappa shape index (κ2) is 1.85. The molecule has 0 aromatic rings. The highest BCUT2D eigenvalue weighted by Gasteiger charge is 2.57. The van der Waals surface area contributed by atoms with E-state index in [-0.39, 0.29) is 12.1 Å². The van der Waals surface area contributed by atoms with Crippen LogP contribution in [-0.2, 0) is 4.74 Å². The number of aliphatic hydroxyl groups is 2. The van der Waals surface area contributed by atoms with Crippen LogP contribution in [0.2, 0.25) is 0 Å². The third kappa shape index (κ3) is 0.864. The average molecular weight is 171 g/mol. The van der Waals surface area contributed by atoms with Crippen molar-refractivity contribution in [2.45, 2.75) is 49.3 Å². The van der Waals surface area contributed by atoms with Gasteiger partial charge < -0.3 is 20.3 Å². The SMILES string of the molecule is OC12CC3CC(O)(CC(C1)N3)O2. The van der Waals surface area contributed by atoms with E-state index in [0.29, 0.717) is 25.7 Å². The minimum atomic E-state index is -1.05. The Balaban J connectivity index is 1.98. The van der Waals surface area contributed by atoms with E-state index in [4.69, 9.17) is 4.74 Å². The van der Waals surface area contributed by atoms with Gasteiger partial charge >= 0.3 is 0 Å². The number of piperidine rings is 2. The average Bonchev–Trinajstić information content (AvgIpc) is 1.75. The van der Waals surface area contributed by atoms with Crippen LogP contribution < -0.4 is 5.32 Å². The molecule has 12 heavy (non-hydrogen) atoms. The van der Waals surface area contributed by atoms with E-state index in [9.17, 15) is 10.2 Å². The molecule has 0 atom stereocenters. The highest BCUT2D eigenvalue weighted by molar-refractivity contribution is 5.04. The number of hydrogen-bond acceptors (Lipinski definition) is 4. The van der Waals surface area contributed by atoms with Gasteiger partial charge in [0.05, 0.1) is 0 Å². The molecule has 0 saturated carbocycles. The molecule has 4 fully saturated rings. The summed E-state index contributed by atoms with van der Waals surface area (Å²) in [6, 6.07) is 0.475. The van der Waals surface area contributed by atoms with E-state index >= 15 is 0 Å². The Bertz CT molecular complexity index is 196. The molecule has 4 aliphatic rings. The summed E-state index contributed by atoms with van der Waals surface area (Å²) in [5.41, 5.74) is 0. The molecule has 0 radical (unpaired) electrons. The fraction of sp³-hybridized carbons (Fsp3) is 1.00. The quantitative estimate of drug-likeness (QED) is 0.451. The minimum Gasteiger partial charge on any atom is -0.365 e. The van der Waals surface area contributed by atoms with Crippen molar-refractivity contribution in [2.24, 2.45) is 0 Å². The van der Waals surface area contributed by atoms with Crippen LogP contribution in [0.25, 0.3) is 0 Å². The number of hydrogen-bond donors (Lipinski definition) is 3. The summed E-state index contributed by atoms with van der Waals surface area (Å²) in [4.78, 5) is 0. The van der Waals surface area contributed by atoms with Crippen LogP contribution in [0.4, 0.5) is 0 Å². The largest absolute Gasteiger partial charge is 0.365 e. The predicted molar refractivity (Wildman–Crippen MR) is 40.2 cm³/mol. The van der Waals surface area contributed by atoms with Crippen LogP contribution in [0.15, 0.2) is 0 Å². The lowest BCUT2D eigenvalue weighted by molar-refractivity contribution is -0.400. The second-order valence-electron chi connectivity index (χ2n) is 4.37. The molecule has 0 aromatic carbocycles. The second-order valence-corrected chi connectivity index (χ2v) is 4.37. The summed E-state index contributed by atoms with van der Waals surface area (Å²) in [6.45, 7) is 0. The van der Waals surface area contributed by atoms with Crippen molar-refractivity contribution in [3.8, 4) is 0 Å². The highest BCUT2D eigenvalue weighted by Crippen LogP contribution is 2.46. The zero-order valence-electron chi connectivity index (χ0n) is 6.79. The van der Waals surface area contributed by atoms with E-state index in [1.807, 2.05) is 0 Å². The van der Waals surface area contributed by atoms with Gasteiger partial charge in [-0.05, 0) is 0 Å². The maximum atomic E-state index is 9.85. The monoisotopic (exact) mass is 171 g/mol. The Morgan fingerprint density at radius 1 is 1.00 bits per heavy atom. The molecule has 4 rings (SSSR count). The first kappa shape index (κ1) is 7.26. The maximum absolute atomic E-state index is 9.85. The van der Waals surface area contributed by atoms with Crippen LogP contribution in [0, 0.1) is 0 Å². The Morgan fingerprint density at radius 3 is 1.75 bits per heavy atom. The van der Waals surface area contributed by atoms with Crippen LogP contribution in [0.1, 0.15) is 25.7 Å². The van der Waals surface area contributed by atoms with Gasteiger partial charge in [-0.2, -0.15) is 0 Å². The molecule has 0 unspecified atom stereocenters. The summed E-state index contributed by atoms with van der Waals surface area (Å²) in [6.07, 6.45) is 2.47. The first-order valence-corrected chi connectivity index (χ1v) is 4.48. The number of ether oxygens (including phenoxy) is 1. The zero-order valence-corrected chi connectivity index (χ0v) is 6.79. The third-order valence-corrected chi connectivity index (χ3v) is 3.11. The summed E-state index contributed by atoms with van der Waals surface area (Å²) >= 11 is 0. The van der Waals surface area contributed by atoms with Gasteiger partial charge in [0.15, 0.2) is 11.6 Å². The van der Waals surface area contributed by atoms with Crippen LogP contribution in [0.5, 0.6) is 0 Å². The Kier molecular flexibility index (Phi) is 1.12. The van der Waals surface area contributed by atoms with E-state index in [1.165, 1.54) is 0 Å². The van der Waals surface area contributed by atoms with Gasteiger partial charge in [0.1, 0.15) is 0 Å². The molecule has 4 saturated heterocycles. The van der Waals surface area contributed by atoms with E-state index in [1.54, 1.807) is 0 Å². The molecular formula is C8H13NO3. The molecule has 4 aliphatic heterocycles. The number of rotatable bonds is 0. The van der Waals surface area contributed by atoms with Crippen molar-refractivity contribution in [2.75, 3.05) is 0 Å². The van der Waals surface area contributed by atoms with Gasteiger partial charge in [0.2, 0.25) is 0 Å². The molecule has 3 N–H and O–H groups in total. The van der Waals surface area contributed by atoms with Crippen LogP contribution in [-0.4, -0.2) is 33.9 Å². The normalized spacial score (nSPS) is 62.5. The molecule has 4 heteroatoms. The van der Waals surface area contributed by atoms with Gasteiger partial charge in [0, 0.05) is 37.8 Å². The molecule has 4 bridgehead atoms. The van der Waals surface area contributed by atoms with Gasteiger partial charge in [-0.25, -0.2) is 0 Å². The zero-order chi connectivity index (χ0) is 8.40. The fourth-order valence-electron chi connectivity index (χ4n) is 2.94. The van der Waals surface area contributed by atoms with Crippen molar-refractivity contribution in [3.63, 3.8) is 0 Å². The van der Waals surface area contributed by atoms with Gasteiger partial charge in [0.25, 0.3) is 0 Å². The van der Waals surface area contributed by atoms with Crippen molar-refractivity contribution in [1.29, 1.82) is 0 Å². The predicted octanol–water partition coefficient (Wildman–Crippen LogP) is -0.692. The van der Waals surface area contributed by atoms with Crippen molar-refractivity contribution >= 4 is 0 Å². The topological polar surface area (TPSA) is 61.7 Å². The van der Waals surface area contributed by atoms with E-state index < -0.39 is 11.6 Å². The van der Waals surface area contributed by atoms with Crippen LogP contribution in [0.3, 0.4) is 0 Å². The Morgan fingerprint density at radius 2 is 1.42 bits per heavy atom. The maximum Gasteiger partial charge on any atom is 0.171 e. The summed E-state index contributed by atoms with van der Waals surface area (Å²) in [7, 11) is 0. The Hall–Kier alpha value is -0.160. The molecule has 0 aliphatic carbocycles. The first-order chi connectivity index (χ1) is 5.57. The molecule has 4 heterocycles. The lowest BCUT2D eigenvalue weighted by Crippen LogP contribution is -2.70. The summed E-state index contributed by atoms with van der Waals surface area (Å²) < 4.78 is 5.27. The summed E-state index contributed by atoms with van der Waals surface area (Å²) in [5, 5.41) is 23.1. The smallest absolute Gasteiger partial charge is 0.171 e. The minimum absolute atomic E-state index is 0.237. The van der Waals surface area contributed by atoms with Crippen molar-refractivity contribution < 1.29 is 14.9 Å². The molecule has 0 aromatic heterocycles. The lowest BCUT2D eigenvalue weighted by atomic mass is 9.76. The van der Waals surface area contributed by atoms with Gasteiger partial charge in [-0.3, -0.25) is 0 Å². The van der Waals surface area contributed by atoms with E-state index in [2.05, 4.69) is 5.32 Å². The Labute approximate surface area is 70.5 Å². The highest BCUT2D eigenvalue weighted by atomic mass is 16.7. The molecule has 0 spiro atoms. The van der Waals surface area contributed by atoms with Gasteiger partial charge in [-0.1, -0.05) is 0 Å². The molecule has 4 nitrogen and oxygen atoms in total. The third-order valence-electron chi connectivity index (χ3n) is 3.11. The first-order valence-electron chi connectivity index (χ1n) is 4.48. The summed E-state index contributed by atoms with van der Waals surface area (Å²) in [5.74, 6) is -2.10. The number of nitrogens with one attached hydrogen (secondary N) is 1.